The van der Waals surface area contributed by atoms with Crippen LogP contribution in [0.4, 0.5) is 0 Å². The topological polar surface area (TPSA) is 70.7 Å². The Kier molecular flexibility index (Phi) is 6.38. The van der Waals surface area contributed by atoms with Crippen LogP contribution >= 0.6 is 23.2 Å². The third-order valence-electron chi connectivity index (χ3n) is 4.46. The molecule has 2 aromatic carbocycles. The van der Waals surface area contributed by atoms with Crippen LogP contribution in [-0.2, 0) is 4.79 Å². The van der Waals surface area contributed by atoms with Gasteiger partial charge in [-0.3, -0.25) is 4.79 Å². The Bertz CT molecular complexity index is 1110. The first kappa shape index (κ1) is 20.7. The molecule has 0 spiro atoms. The monoisotopic (exact) mass is 424 g/mol. The second-order valence-corrected chi connectivity index (χ2v) is 7.16. The standard InChI is InChI=1S/C22H18Cl2N4O/c1-14-17(15(2)28(27-14)16-7-4-3-5-8-16)11-12-21(29)26-20(13-25)18-9-6-10-19(23)22(18)24/h3-12,20H,1-2H3,(H,26,29). The van der Waals surface area contributed by atoms with E-state index >= 15 is 0 Å². The van der Waals surface area contributed by atoms with Crippen molar-refractivity contribution >= 4 is 35.2 Å². The Morgan fingerprint density at radius 1 is 1.17 bits per heavy atom. The number of carbonyl (C=O) groups excluding carboxylic acids is 1. The van der Waals surface area contributed by atoms with Crippen molar-refractivity contribution in [1.29, 1.82) is 5.26 Å². The molecular formula is C22H18Cl2N4O. The van der Waals surface area contributed by atoms with Crippen molar-refractivity contribution in [2.24, 2.45) is 0 Å². The number of halogens is 2. The number of aryl methyl sites for hydroxylation is 1. The SMILES string of the molecule is Cc1nn(-c2ccccc2)c(C)c1C=CC(=O)NC(C#N)c1cccc(Cl)c1Cl. The number of hydrogen-bond acceptors (Lipinski definition) is 3. The lowest BCUT2D eigenvalue weighted by Gasteiger charge is -2.12. The Morgan fingerprint density at radius 3 is 2.59 bits per heavy atom. The zero-order valence-corrected chi connectivity index (χ0v) is 17.4. The molecule has 0 saturated carbocycles. The molecule has 1 N–H and O–H groups in total. The summed E-state index contributed by atoms with van der Waals surface area (Å²) in [6.45, 7) is 3.82. The summed E-state index contributed by atoms with van der Waals surface area (Å²) in [5, 5.41) is 17.2. The van der Waals surface area contributed by atoms with E-state index in [4.69, 9.17) is 23.2 Å². The second-order valence-electron chi connectivity index (χ2n) is 6.38. The van der Waals surface area contributed by atoms with Gasteiger partial charge in [-0.25, -0.2) is 4.68 Å². The molecule has 0 radical (unpaired) electrons. The van der Waals surface area contributed by atoms with E-state index in [-0.39, 0.29) is 5.02 Å². The molecule has 1 unspecified atom stereocenters. The maximum absolute atomic E-state index is 12.4. The first-order valence-corrected chi connectivity index (χ1v) is 9.61. The molecule has 1 atom stereocenters. The van der Waals surface area contributed by atoms with Gasteiger partial charge in [0.15, 0.2) is 0 Å². The van der Waals surface area contributed by atoms with Gasteiger partial charge in [0.25, 0.3) is 0 Å². The molecule has 0 bridgehead atoms. The fraction of sp³-hybridized carbons (Fsp3) is 0.136. The van der Waals surface area contributed by atoms with Gasteiger partial charge in [0.2, 0.25) is 5.91 Å². The summed E-state index contributed by atoms with van der Waals surface area (Å²) in [6, 6.07) is 15.8. The van der Waals surface area contributed by atoms with Crippen molar-refractivity contribution in [1.82, 2.24) is 15.1 Å². The average molecular weight is 425 g/mol. The summed E-state index contributed by atoms with van der Waals surface area (Å²) in [4.78, 5) is 12.4. The fourth-order valence-corrected chi connectivity index (χ4v) is 3.41. The minimum atomic E-state index is -0.910. The molecule has 1 aromatic heterocycles. The van der Waals surface area contributed by atoms with Crippen LogP contribution in [0.1, 0.15) is 28.6 Å². The number of benzene rings is 2. The molecule has 3 aromatic rings. The largest absolute Gasteiger partial charge is 0.333 e. The molecule has 7 heteroatoms. The van der Waals surface area contributed by atoms with Gasteiger partial charge in [-0.2, -0.15) is 10.4 Å². The molecule has 0 aliphatic carbocycles. The van der Waals surface area contributed by atoms with E-state index in [1.165, 1.54) is 6.08 Å². The fourth-order valence-electron chi connectivity index (χ4n) is 2.99. The van der Waals surface area contributed by atoms with E-state index in [9.17, 15) is 10.1 Å². The predicted octanol–water partition coefficient (Wildman–Crippen LogP) is 5.19. The number of nitrogens with zero attached hydrogens (tertiary/aromatic N) is 3. The van der Waals surface area contributed by atoms with E-state index in [1.807, 2.05) is 54.9 Å². The van der Waals surface area contributed by atoms with E-state index in [0.717, 1.165) is 22.6 Å². The lowest BCUT2D eigenvalue weighted by molar-refractivity contribution is -0.116. The Morgan fingerprint density at radius 2 is 1.90 bits per heavy atom. The van der Waals surface area contributed by atoms with E-state index < -0.39 is 11.9 Å². The van der Waals surface area contributed by atoms with Crippen LogP contribution in [0.5, 0.6) is 0 Å². The van der Waals surface area contributed by atoms with E-state index in [1.54, 1.807) is 24.3 Å². The van der Waals surface area contributed by atoms with Gasteiger partial charge < -0.3 is 5.32 Å². The number of amides is 1. The van der Waals surface area contributed by atoms with Gasteiger partial charge >= 0.3 is 0 Å². The summed E-state index contributed by atoms with van der Waals surface area (Å²) in [7, 11) is 0. The lowest BCUT2D eigenvalue weighted by atomic mass is 10.1. The van der Waals surface area contributed by atoms with E-state index in [0.29, 0.717) is 10.6 Å². The van der Waals surface area contributed by atoms with Crippen LogP contribution in [0.15, 0.2) is 54.6 Å². The summed E-state index contributed by atoms with van der Waals surface area (Å²) in [5.74, 6) is -0.418. The Hall–Kier alpha value is -3.07. The Labute approximate surface area is 179 Å². The van der Waals surface area contributed by atoms with Gasteiger partial charge in [-0.15, -0.1) is 0 Å². The number of nitriles is 1. The number of nitrogens with one attached hydrogen (secondary N) is 1. The lowest BCUT2D eigenvalue weighted by Crippen LogP contribution is -2.26. The van der Waals surface area contributed by atoms with Crippen LogP contribution in [-0.4, -0.2) is 15.7 Å². The number of carbonyl (C=O) groups is 1. The summed E-state index contributed by atoms with van der Waals surface area (Å²) in [6.07, 6.45) is 3.08. The molecule has 0 fully saturated rings. The van der Waals surface area contributed by atoms with Crippen molar-refractivity contribution in [3.63, 3.8) is 0 Å². The molecular weight excluding hydrogens is 407 g/mol. The zero-order valence-electron chi connectivity index (χ0n) is 15.9. The van der Waals surface area contributed by atoms with Crippen LogP contribution in [0.25, 0.3) is 11.8 Å². The second kappa shape index (κ2) is 8.95. The maximum Gasteiger partial charge on any atom is 0.245 e. The van der Waals surface area contributed by atoms with Gasteiger partial charge in [-0.1, -0.05) is 53.5 Å². The van der Waals surface area contributed by atoms with Crippen molar-refractivity contribution in [3.05, 3.63) is 87.2 Å². The minimum Gasteiger partial charge on any atom is -0.333 e. The van der Waals surface area contributed by atoms with Gasteiger partial charge in [0, 0.05) is 22.9 Å². The highest BCUT2D eigenvalue weighted by Gasteiger charge is 2.17. The van der Waals surface area contributed by atoms with Crippen LogP contribution in [0, 0.1) is 25.2 Å². The highest BCUT2D eigenvalue weighted by molar-refractivity contribution is 6.42. The summed E-state index contributed by atoms with van der Waals surface area (Å²) < 4.78 is 1.83. The molecule has 0 saturated heterocycles. The Balaban J connectivity index is 1.80. The molecule has 1 amide bonds. The quantitative estimate of drug-likeness (QED) is 0.572. The van der Waals surface area contributed by atoms with E-state index in [2.05, 4.69) is 10.4 Å². The molecule has 0 aliphatic heterocycles. The maximum atomic E-state index is 12.4. The average Bonchev–Trinajstić information content (AvgIpc) is 3.01. The molecule has 3 rings (SSSR count). The predicted molar refractivity (Wildman–Crippen MR) is 115 cm³/mol. The molecule has 146 valence electrons. The third kappa shape index (κ3) is 4.51. The normalized spacial score (nSPS) is 12.0. The zero-order chi connectivity index (χ0) is 21.0. The highest BCUT2D eigenvalue weighted by Crippen LogP contribution is 2.29. The smallest absolute Gasteiger partial charge is 0.245 e. The first-order chi connectivity index (χ1) is 13.9. The third-order valence-corrected chi connectivity index (χ3v) is 5.29. The van der Waals surface area contributed by atoms with Gasteiger partial charge in [0.05, 0.1) is 27.5 Å². The number of para-hydroxylation sites is 1. The van der Waals surface area contributed by atoms with Crippen molar-refractivity contribution in [2.75, 3.05) is 0 Å². The molecule has 0 aliphatic rings. The molecule has 5 nitrogen and oxygen atoms in total. The molecule has 29 heavy (non-hydrogen) atoms. The first-order valence-electron chi connectivity index (χ1n) is 8.86. The van der Waals surface area contributed by atoms with Crippen LogP contribution in [0.3, 0.4) is 0 Å². The van der Waals surface area contributed by atoms with Crippen molar-refractivity contribution in [3.8, 4) is 11.8 Å². The highest BCUT2D eigenvalue weighted by atomic mass is 35.5. The van der Waals surface area contributed by atoms with Crippen LogP contribution in [0.2, 0.25) is 10.0 Å². The van der Waals surface area contributed by atoms with Crippen LogP contribution < -0.4 is 5.32 Å². The minimum absolute atomic E-state index is 0.251. The molecule has 1 heterocycles. The van der Waals surface area contributed by atoms with Crippen molar-refractivity contribution in [2.45, 2.75) is 19.9 Å². The number of rotatable bonds is 5. The summed E-state index contributed by atoms with van der Waals surface area (Å²) >= 11 is 12.2. The number of hydrogen-bond donors (Lipinski definition) is 1. The summed E-state index contributed by atoms with van der Waals surface area (Å²) in [5.41, 5.74) is 3.95. The number of aromatic nitrogens is 2. The van der Waals surface area contributed by atoms with Crippen molar-refractivity contribution < 1.29 is 4.79 Å². The van der Waals surface area contributed by atoms with Gasteiger partial charge in [0.1, 0.15) is 6.04 Å². The van der Waals surface area contributed by atoms with Gasteiger partial charge in [-0.05, 0) is 38.1 Å².